The van der Waals surface area contributed by atoms with Crippen LogP contribution in [0.5, 0.6) is 5.75 Å². The summed E-state index contributed by atoms with van der Waals surface area (Å²) in [6.45, 7) is 2.87. The van der Waals surface area contributed by atoms with Gasteiger partial charge < -0.3 is 21.1 Å². The number of piperidine rings is 1. The number of halogens is 3. The smallest absolute Gasteiger partial charge is 0.244 e. The minimum Gasteiger partial charge on any atom is -0.482 e. The first-order chi connectivity index (χ1) is 19.2. The lowest BCUT2D eigenvalue weighted by molar-refractivity contribution is -0.134. The third kappa shape index (κ3) is 5.74. The molecule has 1 amide bonds. The molecule has 4 aromatic rings. The van der Waals surface area contributed by atoms with Crippen molar-refractivity contribution in [3.05, 3.63) is 88.3 Å². The van der Waals surface area contributed by atoms with E-state index in [0.717, 1.165) is 24.0 Å². The number of carbonyl (C=O) groups is 1. The summed E-state index contributed by atoms with van der Waals surface area (Å²) >= 11 is 12.4. The van der Waals surface area contributed by atoms with Gasteiger partial charge in [0.25, 0.3) is 0 Å². The van der Waals surface area contributed by atoms with Crippen molar-refractivity contribution < 1.29 is 13.9 Å². The molecule has 1 saturated heterocycles. The number of benzene rings is 1. The number of aromatic nitrogens is 4. The largest absolute Gasteiger partial charge is 0.482 e. The maximum Gasteiger partial charge on any atom is 0.244 e. The van der Waals surface area contributed by atoms with Gasteiger partial charge in [-0.15, -0.1) is 0 Å². The number of nitrogens with two attached hydrogens (primary N) is 2. The first-order valence-electron chi connectivity index (χ1n) is 12.8. The SMILES string of the molecule is CC(Oc1cc(-c2cnn(C3CCN(C(=O)C(N)c4cccnc4)CC3)c2)cnc1N)c1c(Cl)ccc(F)c1Cl. The summed E-state index contributed by atoms with van der Waals surface area (Å²) in [5.74, 6) is -0.211. The second-order valence-corrected chi connectivity index (χ2v) is 10.4. The highest BCUT2D eigenvalue weighted by atomic mass is 35.5. The molecule has 208 valence electrons. The molecular formula is C28H28Cl2FN7O2. The number of nitrogen functional groups attached to an aromatic ring is 1. The average molecular weight is 584 g/mol. The fourth-order valence-electron chi connectivity index (χ4n) is 4.81. The Morgan fingerprint density at radius 1 is 1.15 bits per heavy atom. The van der Waals surface area contributed by atoms with E-state index in [1.165, 1.54) is 12.1 Å². The zero-order valence-electron chi connectivity index (χ0n) is 21.7. The second-order valence-electron chi connectivity index (χ2n) is 9.65. The number of amides is 1. The Labute approximate surface area is 240 Å². The van der Waals surface area contributed by atoms with E-state index >= 15 is 0 Å². The van der Waals surface area contributed by atoms with Crippen LogP contribution in [-0.2, 0) is 4.79 Å². The van der Waals surface area contributed by atoms with Gasteiger partial charge in [0.15, 0.2) is 11.6 Å². The highest BCUT2D eigenvalue weighted by Crippen LogP contribution is 2.37. The number of hydrogen-bond donors (Lipinski definition) is 2. The maximum atomic E-state index is 14.0. The van der Waals surface area contributed by atoms with E-state index in [2.05, 4.69) is 15.1 Å². The number of likely N-dealkylation sites (tertiary alicyclic amines) is 1. The molecule has 1 aliphatic rings. The lowest BCUT2D eigenvalue weighted by Gasteiger charge is -2.33. The van der Waals surface area contributed by atoms with Crippen molar-refractivity contribution in [2.75, 3.05) is 18.8 Å². The minimum atomic E-state index is -0.730. The fraction of sp³-hybridized carbons (Fsp3) is 0.286. The van der Waals surface area contributed by atoms with Crippen molar-refractivity contribution in [2.24, 2.45) is 5.73 Å². The van der Waals surface area contributed by atoms with E-state index in [0.29, 0.717) is 30.0 Å². The summed E-state index contributed by atoms with van der Waals surface area (Å²) in [6.07, 6.45) is 9.39. The number of rotatable bonds is 7. The monoisotopic (exact) mass is 583 g/mol. The van der Waals surface area contributed by atoms with Gasteiger partial charge in [-0.3, -0.25) is 14.5 Å². The molecule has 12 heteroatoms. The molecule has 2 unspecified atom stereocenters. The molecule has 5 rings (SSSR count). The van der Waals surface area contributed by atoms with Crippen molar-refractivity contribution in [1.29, 1.82) is 0 Å². The summed E-state index contributed by atoms with van der Waals surface area (Å²) in [7, 11) is 0. The number of nitrogens with zero attached hydrogens (tertiary/aromatic N) is 5. The van der Waals surface area contributed by atoms with E-state index < -0.39 is 18.0 Å². The van der Waals surface area contributed by atoms with E-state index in [9.17, 15) is 9.18 Å². The average Bonchev–Trinajstić information content (AvgIpc) is 3.47. The molecule has 4 heterocycles. The molecule has 2 atom stereocenters. The molecule has 0 spiro atoms. The summed E-state index contributed by atoms with van der Waals surface area (Å²) in [4.78, 5) is 23.0. The van der Waals surface area contributed by atoms with E-state index in [4.69, 9.17) is 39.4 Å². The predicted octanol–water partition coefficient (Wildman–Crippen LogP) is 5.37. The van der Waals surface area contributed by atoms with Crippen molar-refractivity contribution in [3.8, 4) is 16.9 Å². The topological polar surface area (TPSA) is 125 Å². The van der Waals surface area contributed by atoms with Crippen LogP contribution in [0.1, 0.15) is 49.1 Å². The van der Waals surface area contributed by atoms with Gasteiger partial charge in [0, 0.05) is 59.6 Å². The Bertz CT molecular complexity index is 1510. The lowest BCUT2D eigenvalue weighted by atomic mass is 10.0. The van der Waals surface area contributed by atoms with Crippen molar-refractivity contribution >= 4 is 34.9 Å². The zero-order valence-corrected chi connectivity index (χ0v) is 23.2. The lowest BCUT2D eigenvalue weighted by Crippen LogP contribution is -2.43. The molecule has 40 heavy (non-hydrogen) atoms. The number of pyridine rings is 2. The van der Waals surface area contributed by atoms with Crippen LogP contribution in [0.15, 0.2) is 61.3 Å². The molecule has 1 aromatic carbocycles. The molecule has 1 aliphatic heterocycles. The third-order valence-corrected chi connectivity index (χ3v) is 7.78. The van der Waals surface area contributed by atoms with Gasteiger partial charge >= 0.3 is 0 Å². The van der Waals surface area contributed by atoms with Crippen LogP contribution in [-0.4, -0.2) is 43.6 Å². The molecule has 3 aromatic heterocycles. The Kier molecular flexibility index (Phi) is 8.20. The molecule has 0 saturated carbocycles. The third-order valence-electron chi connectivity index (χ3n) is 7.07. The van der Waals surface area contributed by atoms with Crippen LogP contribution in [0.3, 0.4) is 0 Å². The molecule has 9 nitrogen and oxygen atoms in total. The van der Waals surface area contributed by atoms with Crippen LogP contribution < -0.4 is 16.2 Å². The van der Waals surface area contributed by atoms with Crippen LogP contribution in [0, 0.1) is 5.82 Å². The van der Waals surface area contributed by atoms with E-state index in [1.807, 2.05) is 16.9 Å². The molecule has 4 N–H and O–H groups in total. The van der Waals surface area contributed by atoms with E-state index in [-0.39, 0.29) is 27.8 Å². The Hall–Kier alpha value is -3.73. The molecule has 0 aliphatic carbocycles. The molecule has 1 fully saturated rings. The maximum absolute atomic E-state index is 14.0. The van der Waals surface area contributed by atoms with Crippen LogP contribution in [0.25, 0.3) is 11.1 Å². The minimum absolute atomic E-state index is 0.101. The predicted molar refractivity (Wildman–Crippen MR) is 151 cm³/mol. The van der Waals surface area contributed by atoms with Gasteiger partial charge in [-0.25, -0.2) is 9.37 Å². The van der Waals surface area contributed by atoms with Gasteiger partial charge in [-0.2, -0.15) is 5.10 Å². The van der Waals surface area contributed by atoms with Crippen LogP contribution in [0.4, 0.5) is 10.2 Å². The van der Waals surface area contributed by atoms with E-state index in [1.54, 1.807) is 48.7 Å². The normalized spacial score (nSPS) is 15.6. The molecular weight excluding hydrogens is 556 g/mol. The Morgan fingerprint density at radius 3 is 2.65 bits per heavy atom. The summed E-state index contributed by atoms with van der Waals surface area (Å²) in [5.41, 5.74) is 14.9. The quantitative estimate of drug-likeness (QED) is 0.280. The first-order valence-corrected chi connectivity index (χ1v) is 13.5. The number of ether oxygens (including phenoxy) is 1. The Balaban J connectivity index is 1.25. The molecule has 0 radical (unpaired) electrons. The zero-order chi connectivity index (χ0) is 28.4. The van der Waals surface area contributed by atoms with Crippen molar-refractivity contribution in [3.63, 3.8) is 0 Å². The van der Waals surface area contributed by atoms with Crippen LogP contribution in [0.2, 0.25) is 10.0 Å². The van der Waals surface area contributed by atoms with Crippen LogP contribution >= 0.6 is 23.2 Å². The first kappa shape index (κ1) is 27.8. The highest BCUT2D eigenvalue weighted by Gasteiger charge is 2.28. The van der Waals surface area contributed by atoms with Gasteiger partial charge in [0.2, 0.25) is 5.91 Å². The highest BCUT2D eigenvalue weighted by molar-refractivity contribution is 6.36. The van der Waals surface area contributed by atoms with Crippen molar-refractivity contribution in [1.82, 2.24) is 24.6 Å². The van der Waals surface area contributed by atoms with Gasteiger partial charge in [0.1, 0.15) is 18.0 Å². The van der Waals surface area contributed by atoms with Gasteiger partial charge in [0.05, 0.1) is 17.3 Å². The number of anilines is 1. The Morgan fingerprint density at radius 2 is 1.93 bits per heavy atom. The summed E-state index contributed by atoms with van der Waals surface area (Å²) < 4.78 is 21.9. The summed E-state index contributed by atoms with van der Waals surface area (Å²) in [5, 5.41) is 4.75. The van der Waals surface area contributed by atoms with Crippen molar-refractivity contribution in [2.45, 2.75) is 38.0 Å². The van der Waals surface area contributed by atoms with Gasteiger partial charge in [-0.1, -0.05) is 29.3 Å². The molecule has 0 bridgehead atoms. The number of hydrogen-bond acceptors (Lipinski definition) is 7. The summed E-state index contributed by atoms with van der Waals surface area (Å²) in [6, 6.07) is 7.36. The second kappa shape index (κ2) is 11.8. The standard InChI is InChI=1S/C28H28Cl2FN7O2/c1-16(24-21(29)4-5-22(31)25(24)30)40-23-11-18(13-35-27(23)33)19-14-36-38(15-19)20-6-9-37(10-7-20)28(39)26(32)17-3-2-8-34-12-17/h2-5,8,11-16,20,26H,6-7,9-10,32H2,1H3,(H2,33,35). The fourth-order valence-corrected chi connectivity index (χ4v) is 5.49. The van der Waals surface area contributed by atoms with Gasteiger partial charge in [-0.05, 0) is 49.6 Å². The number of carbonyl (C=O) groups excluding carboxylic acids is 1.